The molecule has 0 saturated carbocycles. The van der Waals surface area contributed by atoms with Crippen molar-refractivity contribution in [3.8, 4) is 0 Å². The molecule has 0 unspecified atom stereocenters. The monoisotopic (exact) mass is 499 g/mol. The molecule has 1 aliphatic rings. The van der Waals surface area contributed by atoms with Crippen LogP contribution < -0.4 is 10.9 Å². The predicted molar refractivity (Wildman–Crippen MR) is 130 cm³/mol. The standard InChI is InChI=1S/C25H30BrN3O3/c1-4-18-21(26)12-22-19(11-17(32-22)14-29-8-6-5-7-9-29)23(18)25(31)27-13-20-15(2)10-16(3)28-24(20)30/h10-12H,4-9,13-14H2,1-3H3,(H,27,31)(H,28,30). The van der Waals surface area contributed by atoms with E-state index in [0.717, 1.165) is 52.1 Å². The number of halogens is 1. The van der Waals surface area contributed by atoms with Crippen LogP contribution in [0.3, 0.4) is 0 Å². The summed E-state index contributed by atoms with van der Waals surface area (Å²) in [6.45, 7) is 8.87. The lowest BCUT2D eigenvalue weighted by atomic mass is 10.00. The van der Waals surface area contributed by atoms with Gasteiger partial charge < -0.3 is 14.7 Å². The van der Waals surface area contributed by atoms with Crippen LogP contribution in [0.2, 0.25) is 0 Å². The number of carbonyl (C=O) groups excluding carboxylic acids is 1. The number of aryl methyl sites for hydroxylation is 2. The van der Waals surface area contributed by atoms with Gasteiger partial charge in [0.05, 0.1) is 12.1 Å². The molecule has 0 atom stereocenters. The Morgan fingerprint density at radius 3 is 2.59 bits per heavy atom. The summed E-state index contributed by atoms with van der Waals surface area (Å²) in [5, 5.41) is 3.79. The van der Waals surface area contributed by atoms with E-state index in [9.17, 15) is 9.59 Å². The Hall–Kier alpha value is -2.38. The number of fused-ring (bicyclic) bond motifs is 1. The minimum atomic E-state index is -0.196. The smallest absolute Gasteiger partial charge is 0.253 e. The highest BCUT2D eigenvalue weighted by Crippen LogP contribution is 2.33. The van der Waals surface area contributed by atoms with Crippen LogP contribution in [-0.2, 0) is 19.5 Å². The maximum absolute atomic E-state index is 13.4. The number of pyridine rings is 1. The van der Waals surface area contributed by atoms with Gasteiger partial charge in [-0.15, -0.1) is 0 Å². The second kappa shape index (κ2) is 9.63. The number of furan rings is 1. The van der Waals surface area contributed by atoms with Gasteiger partial charge in [0.15, 0.2) is 0 Å². The van der Waals surface area contributed by atoms with Crippen molar-refractivity contribution in [1.82, 2.24) is 15.2 Å². The lowest BCUT2D eigenvalue weighted by molar-refractivity contribution is 0.0951. The zero-order valence-electron chi connectivity index (χ0n) is 18.9. The number of benzene rings is 1. The van der Waals surface area contributed by atoms with E-state index >= 15 is 0 Å². The number of aromatic amines is 1. The van der Waals surface area contributed by atoms with Crippen molar-refractivity contribution in [3.05, 3.63) is 66.7 Å². The molecule has 0 spiro atoms. The molecule has 1 saturated heterocycles. The van der Waals surface area contributed by atoms with E-state index in [4.69, 9.17) is 4.42 Å². The summed E-state index contributed by atoms with van der Waals surface area (Å²) < 4.78 is 7.01. The molecule has 0 radical (unpaired) electrons. The molecule has 7 heteroatoms. The van der Waals surface area contributed by atoms with Crippen LogP contribution in [0, 0.1) is 13.8 Å². The number of rotatable bonds is 6. The van der Waals surface area contributed by atoms with E-state index in [2.05, 4.69) is 31.1 Å². The highest BCUT2D eigenvalue weighted by Gasteiger charge is 2.22. The lowest BCUT2D eigenvalue weighted by Crippen LogP contribution is -2.29. The molecule has 1 fully saturated rings. The largest absolute Gasteiger partial charge is 0.460 e. The molecule has 3 heterocycles. The maximum Gasteiger partial charge on any atom is 0.253 e. The van der Waals surface area contributed by atoms with Crippen LogP contribution in [0.4, 0.5) is 0 Å². The molecule has 170 valence electrons. The fraction of sp³-hybridized carbons (Fsp3) is 0.440. The zero-order valence-corrected chi connectivity index (χ0v) is 20.5. The van der Waals surface area contributed by atoms with Crippen molar-refractivity contribution in [3.63, 3.8) is 0 Å². The summed E-state index contributed by atoms with van der Waals surface area (Å²) >= 11 is 3.63. The number of nitrogens with zero attached hydrogens (tertiary/aromatic N) is 1. The first-order chi connectivity index (χ1) is 15.4. The van der Waals surface area contributed by atoms with E-state index in [0.29, 0.717) is 23.1 Å². The summed E-state index contributed by atoms with van der Waals surface area (Å²) in [7, 11) is 0. The second-order valence-electron chi connectivity index (χ2n) is 8.65. The third-order valence-corrected chi connectivity index (χ3v) is 6.96. The van der Waals surface area contributed by atoms with Crippen molar-refractivity contribution >= 4 is 32.8 Å². The molecule has 0 bridgehead atoms. The van der Waals surface area contributed by atoms with Crippen molar-refractivity contribution in [2.24, 2.45) is 0 Å². The average molecular weight is 500 g/mol. The van der Waals surface area contributed by atoms with Gasteiger partial charge in [0.25, 0.3) is 11.5 Å². The number of likely N-dealkylation sites (tertiary alicyclic amines) is 1. The number of carbonyl (C=O) groups is 1. The SMILES string of the molecule is CCc1c(Br)cc2oc(CN3CCCCC3)cc2c1C(=O)NCc1c(C)cc(C)[nH]c1=O. The van der Waals surface area contributed by atoms with E-state index in [1.807, 2.05) is 39.0 Å². The molecule has 1 aliphatic heterocycles. The number of piperidine rings is 1. The molecule has 32 heavy (non-hydrogen) atoms. The maximum atomic E-state index is 13.4. The van der Waals surface area contributed by atoms with Crippen LogP contribution in [0.15, 0.2) is 31.9 Å². The first kappa shape index (κ1) is 22.8. The van der Waals surface area contributed by atoms with Crippen LogP contribution in [0.25, 0.3) is 11.0 Å². The molecule has 3 aromatic rings. The van der Waals surface area contributed by atoms with Gasteiger partial charge in [-0.2, -0.15) is 0 Å². The molecule has 0 aliphatic carbocycles. The van der Waals surface area contributed by atoms with E-state index < -0.39 is 0 Å². The van der Waals surface area contributed by atoms with Crippen LogP contribution in [-0.4, -0.2) is 28.9 Å². The van der Waals surface area contributed by atoms with Gasteiger partial charge in [-0.25, -0.2) is 0 Å². The lowest BCUT2D eigenvalue weighted by Gasteiger charge is -2.25. The fourth-order valence-corrected chi connectivity index (χ4v) is 5.31. The summed E-state index contributed by atoms with van der Waals surface area (Å²) in [6, 6.07) is 5.88. The molecular weight excluding hydrogens is 470 g/mol. The van der Waals surface area contributed by atoms with Crippen molar-refractivity contribution < 1.29 is 9.21 Å². The van der Waals surface area contributed by atoms with E-state index in [1.54, 1.807) is 0 Å². The number of nitrogens with one attached hydrogen (secondary N) is 2. The number of aromatic nitrogens is 1. The summed E-state index contributed by atoms with van der Waals surface area (Å²) in [5.41, 5.74) is 4.35. The van der Waals surface area contributed by atoms with Crippen LogP contribution in [0.5, 0.6) is 0 Å². The molecular formula is C25H30BrN3O3. The highest BCUT2D eigenvalue weighted by molar-refractivity contribution is 9.10. The van der Waals surface area contributed by atoms with Gasteiger partial charge >= 0.3 is 0 Å². The summed E-state index contributed by atoms with van der Waals surface area (Å²) in [5.74, 6) is 0.680. The van der Waals surface area contributed by atoms with Gasteiger partial charge in [-0.1, -0.05) is 29.3 Å². The number of hydrogen-bond acceptors (Lipinski definition) is 4. The Balaban J connectivity index is 1.65. The van der Waals surface area contributed by atoms with Crippen molar-refractivity contribution in [2.75, 3.05) is 13.1 Å². The normalized spacial score (nSPS) is 14.8. The van der Waals surface area contributed by atoms with Crippen molar-refractivity contribution in [1.29, 1.82) is 0 Å². The van der Waals surface area contributed by atoms with Gasteiger partial charge in [-0.05, 0) is 75.5 Å². The van der Waals surface area contributed by atoms with Crippen LogP contribution in [0.1, 0.15) is 64.7 Å². The van der Waals surface area contributed by atoms with Gasteiger partial charge in [0, 0.05) is 27.7 Å². The topological polar surface area (TPSA) is 78.3 Å². The van der Waals surface area contributed by atoms with Gasteiger partial charge in [-0.3, -0.25) is 14.5 Å². The number of amides is 1. The molecule has 4 rings (SSSR count). The van der Waals surface area contributed by atoms with Gasteiger partial charge in [0.2, 0.25) is 0 Å². The van der Waals surface area contributed by atoms with E-state index in [-0.39, 0.29) is 18.0 Å². The van der Waals surface area contributed by atoms with Crippen LogP contribution >= 0.6 is 15.9 Å². The minimum absolute atomic E-state index is 0.162. The Morgan fingerprint density at radius 1 is 1.16 bits per heavy atom. The fourth-order valence-electron chi connectivity index (χ4n) is 4.62. The molecule has 2 aromatic heterocycles. The summed E-state index contributed by atoms with van der Waals surface area (Å²) in [4.78, 5) is 30.9. The molecule has 2 N–H and O–H groups in total. The van der Waals surface area contributed by atoms with Gasteiger partial charge in [0.1, 0.15) is 11.3 Å². The zero-order chi connectivity index (χ0) is 22.8. The second-order valence-corrected chi connectivity index (χ2v) is 9.51. The third-order valence-electron chi connectivity index (χ3n) is 6.26. The summed E-state index contributed by atoms with van der Waals surface area (Å²) in [6.07, 6.45) is 4.43. The first-order valence-corrected chi connectivity index (χ1v) is 12.1. The molecule has 1 aromatic carbocycles. The van der Waals surface area contributed by atoms with E-state index in [1.165, 1.54) is 19.3 Å². The molecule has 1 amide bonds. The number of H-pyrrole nitrogens is 1. The molecule has 6 nitrogen and oxygen atoms in total. The Labute approximate surface area is 196 Å². The third kappa shape index (κ3) is 4.69. The minimum Gasteiger partial charge on any atom is -0.460 e. The average Bonchev–Trinajstić information content (AvgIpc) is 3.13. The Kier molecular flexibility index (Phi) is 6.86. The number of hydrogen-bond donors (Lipinski definition) is 2. The Morgan fingerprint density at radius 2 is 1.91 bits per heavy atom. The Bertz CT molecular complexity index is 1210. The van der Waals surface area contributed by atoms with Crippen molar-refractivity contribution in [2.45, 2.75) is 59.5 Å². The first-order valence-electron chi connectivity index (χ1n) is 11.3. The highest BCUT2D eigenvalue weighted by atomic mass is 79.9. The predicted octanol–water partition coefficient (Wildman–Crippen LogP) is 4.98. The quantitative estimate of drug-likeness (QED) is 0.501.